The number of carboxylic acids is 1. The van der Waals surface area contributed by atoms with Gasteiger partial charge in [0.2, 0.25) is 0 Å². The summed E-state index contributed by atoms with van der Waals surface area (Å²) < 4.78 is 22.7. The zero-order chi connectivity index (χ0) is 47.7. The highest BCUT2D eigenvalue weighted by molar-refractivity contribution is 5.70. The molecule has 0 aliphatic rings. The third-order valence-corrected chi connectivity index (χ3v) is 12.5. The van der Waals surface area contributed by atoms with Gasteiger partial charge in [-0.3, -0.25) is 9.59 Å². The van der Waals surface area contributed by atoms with Gasteiger partial charge in [-0.1, -0.05) is 231 Å². The number of esters is 2. The van der Waals surface area contributed by atoms with Crippen LogP contribution in [0.5, 0.6) is 0 Å². The maximum absolute atomic E-state index is 12.8. The van der Waals surface area contributed by atoms with Gasteiger partial charge in [0.25, 0.3) is 0 Å². The Bertz CT molecular complexity index is 1070. The molecule has 0 heterocycles. The van der Waals surface area contributed by atoms with Crippen molar-refractivity contribution >= 4 is 17.9 Å². The first kappa shape index (κ1) is 63.0. The normalized spacial score (nSPS) is 12.8. The van der Waals surface area contributed by atoms with E-state index in [1.807, 2.05) is 21.1 Å². The van der Waals surface area contributed by atoms with Gasteiger partial charge in [-0.25, -0.2) is 0 Å². The second kappa shape index (κ2) is 48.5. The number of rotatable bonds is 52. The second-order valence-corrected chi connectivity index (χ2v) is 20.2. The SMILES string of the molecule is CCCCCCCC/C=C\CCCCCCCCCC(=O)OC(COC(=O)CCCCCCCCCCCCCCCCCCCCCCCCC)COC(OCC[N+](C)(C)C)C(=O)[O-]. The molecule has 0 aromatic heterocycles. The van der Waals surface area contributed by atoms with Crippen molar-refractivity contribution in [1.29, 1.82) is 0 Å². The van der Waals surface area contributed by atoms with E-state index in [-0.39, 0.29) is 32.2 Å². The third kappa shape index (κ3) is 49.8. The topological polar surface area (TPSA) is 111 Å². The van der Waals surface area contributed by atoms with Crippen LogP contribution in [-0.2, 0) is 33.3 Å². The van der Waals surface area contributed by atoms with Crippen molar-refractivity contribution in [2.75, 3.05) is 47.5 Å². The van der Waals surface area contributed by atoms with Crippen LogP contribution in [0.1, 0.15) is 271 Å². The van der Waals surface area contributed by atoms with Crippen molar-refractivity contribution in [2.45, 2.75) is 283 Å². The first-order valence-electron chi connectivity index (χ1n) is 27.8. The Morgan fingerprint density at radius 1 is 0.446 bits per heavy atom. The summed E-state index contributed by atoms with van der Waals surface area (Å²) >= 11 is 0. The van der Waals surface area contributed by atoms with E-state index >= 15 is 0 Å². The summed E-state index contributed by atoms with van der Waals surface area (Å²) in [6.07, 6.45) is 51.1. The molecule has 0 saturated heterocycles. The van der Waals surface area contributed by atoms with Crippen molar-refractivity contribution in [2.24, 2.45) is 0 Å². The number of allylic oxidation sites excluding steroid dienone is 2. The fourth-order valence-electron chi connectivity index (χ4n) is 8.18. The maximum Gasteiger partial charge on any atom is 0.306 e. The number of carbonyl (C=O) groups excluding carboxylic acids is 3. The molecule has 65 heavy (non-hydrogen) atoms. The number of hydrogen-bond donors (Lipinski definition) is 0. The molecule has 0 bridgehead atoms. The van der Waals surface area contributed by atoms with Crippen molar-refractivity contribution < 1.29 is 42.9 Å². The highest BCUT2D eigenvalue weighted by Gasteiger charge is 2.22. The Morgan fingerprint density at radius 3 is 1.14 bits per heavy atom. The monoisotopic (exact) mass is 922 g/mol. The van der Waals surface area contributed by atoms with E-state index < -0.39 is 24.3 Å². The molecule has 2 atom stereocenters. The van der Waals surface area contributed by atoms with Gasteiger partial charge in [0, 0.05) is 12.8 Å². The maximum atomic E-state index is 12.8. The Morgan fingerprint density at radius 2 is 0.785 bits per heavy atom. The van der Waals surface area contributed by atoms with Crippen LogP contribution in [0.4, 0.5) is 0 Å². The van der Waals surface area contributed by atoms with E-state index in [1.54, 1.807) is 0 Å². The largest absolute Gasteiger partial charge is 0.545 e. The van der Waals surface area contributed by atoms with Crippen LogP contribution in [0, 0.1) is 0 Å². The van der Waals surface area contributed by atoms with Gasteiger partial charge in [-0.15, -0.1) is 0 Å². The number of unbranched alkanes of at least 4 members (excludes halogenated alkanes) is 35. The molecule has 0 radical (unpaired) electrons. The average Bonchev–Trinajstić information content (AvgIpc) is 3.27. The van der Waals surface area contributed by atoms with E-state index in [1.165, 1.54) is 193 Å². The number of nitrogens with zero attached hydrogens (tertiary/aromatic N) is 1. The molecule has 9 heteroatoms. The molecule has 384 valence electrons. The van der Waals surface area contributed by atoms with E-state index in [4.69, 9.17) is 18.9 Å². The van der Waals surface area contributed by atoms with Gasteiger partial charge < -0.3 is 33.3 Å². The number of hydrogen-bond acceptors (Lipinski definition) is 8. The smallest absolute Gasteiger partial charge is 0.306 e. The molecular weight excluding hydrogens is 815 g/mol. The lowest BCUT2D eigenvalue weighted by atomic mass is 10.0. The van der Waals surface area contributed by atoms with Gasteiger partial charge in [0.1, 0.15) is 13.2 Å². The Hall–Kier alpha value is -1.97. The molecule has 0 N–H and O–H groups in total. The van der Waals surface area contributed by atoms with E-state index in [2.05, 4.69) is 26.0 Å². The Balaban J connectivity index is 4.22. The van der Waals surface area contributed by atoms with Crippen molar-refractivity contribution in [3.63, 3.8) is 0 Å². The number of ether oxygens (including phenoxy) is 4. The summed E-state index contributed by atoms with van der Waals surface area (Å²) in [4.78, 5) is 37.2. The molecule has 0 aliphatic heterocycles. The summed E-state index contributed by atoms with van der Waals surface area (Å²) in [6, 6.07) is 0. The minimum absolute atomic E-state index is 0.150. The van der Waals surface area contributed by atoms with Crippen LogP contribution in [0.2, 0.25) is 0 Å². The van der Waals surface area contributed by atoms with Crippen LogP contribution in [0.15, 0.2) is 12.2 Å². The second-order valence-electron chi connectivity index (χ2n) is 20.2. The zero-order valence-corrected chi connectivity index (χ0v) is 43.6. The van der Waals surface area contributed by atoms with Crippen LogP contribution >= 0.6 is 0 Å². The third-order valence-electron chi connectivity index (χ3n) is 12.5. The van der Waals surface area contributed by atoms with Crippen molar-refractivity contribution in [1.82, 2.24) is 0 Å². The highest BCUT2D eigenvalue weighted by atomic mass is 16.7. The van der Waals surface area contributed by atoms with E-state index in [0.29, 0.717) is 23.9 Å². The molecule has 0 fully saturated rings. The Labute approximate surface area is 402 Å². The van der Waals surface area contributed by atoms with Crippen molar-refractivity contribution in [3.05, 3.63) is 12.2 Å². The lowest BCUT2D eigenvalue weighted by molar-refractivity contribution is -0.870. The minimum Gasteiger partial charge on any atom is -0.545 e. The van der Waals surface area contributed by atoms with Crippen LogP contribution < -0.4 is 5.11 Å². The minimum atomic E-state index is -1.62. The van der Waals surface area contributed by atoms with Gasteiger partial charge in [0.05, 0.1) is 40.3 Å². The predicted molar refractivity (Wildman–Crippen MR) is 270 cm³/mol. The number of quaternary nitrogens is 1. The van der Waals surface area contributed by atoms with Gasteiger partial charge in [0.15, 0.2) is 12.4 Å². The number of carboxylic acid groups (broad SMARTS) is 1. The quantitative estimate of drug-likeness (QED) is 0.0195. The molecular formula is C56H107NO8. The summed E-state index contributed by atoms with van der Waals surface area (Å²) in [6.45, 7) is 4.79. The van der Waals surface area contributed by atoms with Crippen LogP contribution in [0.3, 0.4) is 0 Å². The molecule has 0 rings (SSSR count). The molecule has 0 amide bonds. The molecule has 0 aliphatic carbocycles. The molecule has 2 unspecified atom stereocenters. The van der Waals surface area contributed by atoms with Crippen molar-refractivity contribution in [3.8, 4) is 0 Å². The van der Waals surface area contributed by atoms with E-state index in [0.717, 1.165) is 44.9 Å². The van der Waals surface area contributed by atoms with Crippen LogP contribution in [0.25, 0.3) is 0 Å². The fourth-order valence-corrected chi connectivity index (χ4v) is 8.18. The molecule has 0 spiro atoms. The Kier molecular flexibility index (Phi) is 47.0. The van der Waals surface area contributed by atoms with Gasteiger partial charge >= 0.3 is 11.9 Å². The summed E-state index contributed by atoms with van der Waals surface area (Å²) in [5.74, 6) is -2.27. The summed E-state index contributed by atoms with van der Waals surface area (Å²) in [5.41, 5.74) is 0. The van der Waals surface area contributed by atoms with Crippen LogP contribution in [-0.4, -0.2) is 82.3 Å². The number of carbonyl (C=O) groups is 3. The van der Waals surface area contributed by atoms with Gasteiger partial charge in [-0.2, -0.15) is 0 Å². The molecule has 0 aromatic rings. The molecule has 0 aromatic carbocycles. The lowest BCUT2D eigenvalue weighted by Gasteiger charge is -2.26. The lowest BCUT2D eigenvalue weighted by Crippen LogP contribution is -2.44. The summed E-state index contributed by atoms with van der Waals surface area (Å²) in [7, 11) is 5.93. The first-order chi connectivity index (χ1) is 31.6. The number of likely N-dealkylation sites (N-methyl/N-ethyl adjacent to an activating group) is 1. The average molecular weight is 922 g/mol. The summed E-state index contributed by atoms with van der Waals surface area (Å²) in [5, 5.41) is 11.7. The molecule has 0 saturated carbocycles. The fraction of sp³-hybridized carbons (Fsp3) is 0.911. The number of aliphatic carboxylic acids is 1. The van der Waals surface area contributed by atoms with E-state index in [9.17, 15) is 19.5 Å². The highest BCUT2D eigenvalue weighted by Crippen LogP contribution is 2.17. The zero-order valence-electron chi connectivity index (χ0n) is 43.6. The standard InChI is InChI=1S/C56H107NO8/c1-6-8-10-12-14-16-18-20-22-24-25-26-27-28-29-31-32-34-36-38-40-42-44-46-53(58)63-50-52(51-64-56(55(60)61)62-49-48-57(3,4)5)65-54(59)47-45-43-41-39-37-35-33-30-23-21-19-17-15-13-11-9-7-2/h21,23,52,56H,6-20,22,24-51H2,1-5H3/b23-21-. The first-order valence-corrected chi connectivity index (χ1v) is 27.8. The van der Waals surface area contributed by atoms with Gasteiger partial charge in [-0.05, 0) is 38.5 Å². The predicted octanol–water partition coefficient (Wildman–Crippen LogP) is 14.5. The molecule has 9 nitrogen and oxygen atoms in total.